The standard InChI is InChI=1S/C8H9ClN4O3S/c9-2-1-3-17(15,16)7-4-6-11-12-8(14)13(6)5-10-7/h4-5H,1-3H2,(H,12,14). The molecule has 0 fully saturated rings. The fraction of sp³-hybridized carbons (Fsp3) is 0.375. The highest BCUT2D eigenvalue weighted by atomic mass is 35.5. The number of H-pyrrole nitrogens is 1. The van der Waals surface area contributed by atoms with Crippen LogP contribution in [0.1, 0.15) is 6.42 Å². The Morgan fingerprint density at radius 3 is 2.94 bits per heavy atom. The summed E-state index contributed by atoms with van der Waals surface area (Å²) in [5, 5.41) is 5.76. The van der Waals surface area contributed by atoms with Crippen molar-refractivity contribution in [1.29, 1.82) is 0 Å². The molecule has 0 saturated heterocycles. The third kappa shape index (κ3) is 2.32. The van der Waals surface area contributed by atoms with E-state index in [0.717, 1.165) is 10.7 Å². The molecule has 17 heavy (non-hydrogen) atoms. The molecule has 0 aliphatic carbocycles. The van der Waals surface area contributed by atoms with Gasteiger partial charge in [0.1, 0.15) is 6.33 Å². The summed E-state index contributed by atoms with van der Waals surface area (Å²) in [7, 11) is -3.47. The monoisotopic (exact) mass is 276 g/mol. The third-order valence-electron chi connectivity index (χ3n) is 2.15. The molecule has 7 nitrogen and oxygen atoms in total. The van der Waals surface area contributed by atoms with Crippen molar-refractivity contribution in [2.45, 2.75) is 11.4 Å². The van der Waals surface area contributed by atoms with Gasteiger partial charge in [-0.1, -0.05) is 0 Å². The molecule has 2 rings (SSSR count). The highest BCUT2D eigenvalue weighted by Crippen LogP contribution is 2.10. The molecule has 2 aromatic rings. The van der Waals surface area contributed by atoms with Crippen LogP contribution in [-0.2, 0) is 9.84 Å². The minimum absolute atomic E-state index is 0.0751. The number of nitrogens with one attached hydrogen (secondary N) is 1. The van der Waals surface area contributed by atoms with Crippen molar-refractivity contribution in [3.05, 3.63) is 22.9 Å². The molecular weight excluding hydrogens is 268 g/mol. The van der Waals surface area contributed by atoms with E-state index in [1.165, 1.54) is 6.07 Å². The lowest BCUT2D eigenvalue weighted by Crippen LogP contribution is -2.13. The van der Waals surface area contributed by atoms with Gasteiger partial charge in [0, 0.05) is 11.9 Å². The van der Waals surface area contributed by atoms with Gasteiger partial charge in [-0.2, -0.15) is 5.10 Å². The van der Waals surface area contributed by atoms with Crippen molar-refractivity contribution in [3.63, 3.8) is 0 Å². The number of hydrogen-bond acceptors (Lipinski definition) is 5. The van der Waals surface area contributed by atoms with Crippen LogP contribution >= 0.6 is 11.6 Å². The first-order valence-corrected chi connectivity index (χ1v) is 6.95. The molecule has 0 aliphatic heterocycles. The van der Waals surface area contributed by atoms with Gasteiger partial charge in [-0.3, -0.25) is 0 Å². The second-order valence-corrected chi connectivity index (χ2v) is 5.78. The van der Waals surface area contributed by atoms with E-state index in [0.29, 0.717) is 6.42 Å². The third-order valence-corrected chi connectivity index (χ3v) is 4.10. The number of aromatic amines is 1. The highest BCUT2D eigenvalue weighted by Gasteiger charge is 2.17. The molecule has 0 bridgehead atoms. The zero-order valence-corrected chi connectivity index (χ0v) is 10.2. The summed E-state index contributed by atoms with van der Waals surface area (Å²) in [4.78, 5) is 14.9. The molecule has 2 heterocycles. The minimum Gasteiger partial charge on any atom is -0.246 e. The second-order valence-electron chi connectivity index (χ2n) is 3.35. The molecule has 9 heteroatoms. The number of halogens is 1. The lowest BCUT2D eigenvalue weighted by atomic mass is 10.6. The molecule has 0 aliphatic rings. The molecule has 0 spiro atoms. The highest BCUT2D eigenvalue weighted by molar-refractivity contribution is 7.91. The fourth-order valence-electron chi connectivity index (χ4n) is 1.31. The number of sulfone groups is 1. The molecule has 0 aromatic carbocycles. The summed E-state index contributed by atoms with van der Waals surface area (Å²) in [6.45, 7) is 0. The van der Waals surface area contributed by atoms with Crippen LogP contribution < -0.4 is 5.69 Å². The lowest BCUT2D eigenvalue weighted by Gasteiger charge is -2.01. The van der Waals surface area contributed by atoms with Gasteiger partial charge in [0.2, 0.25) is 0 Å². The van der Waals surface area contributed by atoms with Crippen molar-refractivity contribution < 1.29 is 8.42 Å². The number of alkyl halides is 1. The van der Waals surface area contributed by atoms with E-state index in [-0.39, 0.29) is 22.3 Å². The van der Waals surface area contributed by atoms with Gasteiger partial charge in [-0.05, 0) is 6.42 Å². The van der Waals surface area contributed by atoms with E-state index < -0.39 is 15.5 Å². The largest absolute Gasteiger partial charge is 0.348 e. The van der Waals surface area contributed by atoms with Crippen molar-refractivity contribution in [2.24, 2.45) is 0 Å². The van der Waals surface area contributed by atoms with Crippen LogP contribution in [-0.4, -0.2) is 39.6 Å². The van der Waals surface area contributed by atoms with E-state index in [2.05, 4.69) is 15.2 Å². The molecule has 1 N–H and O–H groups in total. The van der Waals surface area contributed by atoms with Crippen LogP contribution in [0.2, 0.25) is 0 Å². The zero-order chi connectivity index (χ0) is 12.5. The van der Waals surface area contributed by atoms with Crippen LogP contribution in [0.25, 0.3) is 5.65 Å². The van der Waals surface area contributed by atoms with E-state index >= 15 is 0 Å². The van der Waals surface area contributed by atoms with Gasteiger partial charge in [-0.15, -0.1) is 11.6 Å². The number of hydrogen-bond donors (Lipinski definition) is 1. The SMILES string of the molecule is O=c1[nH]nc2cc(S(=O)(=O)CCCCl)ncn12. The zero-order valence-electron chi connectivity index (χ0n) is 8.63. The smallest absolute Gasteiger partial charge is 0.246 e. The van der Waals surface area contributed by atoms with Crippen LogP contribution in [0.5, 0.6) is 0 Å². The van der Waals surface area contributed by atoms with E-state index in [9.17, 15) is 13.2 Å². The number of rotatable bonds is 4. The average Bonchev–Trinajstić information content (AvgIpc) is 2.68. The van der Waals surface area contributed by atoms with Crippen LogP contribution in [0.15, 0.2) is 22.2 Å². The first-order chi connectivity index (χ1) is 8.04. The molecule has 0 unspecified atom stereocenters. The summed E-state index contributed by atoms with van der Waals surface area (Å²) >= 11 is 5.45. The molecular formula is C8H9ClN4O3S. The van der Waals surface area contributed by atoms with Gasteiger partial charge in [0.15, 0.2) is 20.5 Å². The first kappa shape index (κ1) is 12.1. The number of fused-ring (bicyclic) bond motifs is 1. The summed E-state index contributed by atoms with van der Waals surface area (Å²) < 4.78 is 24.7. The number of nitrogens with zero attached hydrogens (tertiary/aromatic N) is 3. The van der Waals surface area contributed by atoms with Crippen LogP contribution in [0, 0.1) is 0 Å². The van der Waals surface area contributed by atoms with Gasteiger partial charge in [-0.25, -0.2) is 27.7 Å². The van der Waals surface area contributed by atoms with Crippen molar-refractivity contribution in [3.8, 4) is 0 Å². The molecule has 0 saturated carbocycles. The Hall–Kier alpha value is -1.41. The first-order valence-electron chi connectivity index (χ1n) is 4.76. The van der Waals surface area contributed by atoms with E-state index in [4.69, 9.17) is 11.6 Å². The predicted octanol–water partition coefficient (Wildman–Crippen LogP) is -0.180. The van der Waals surface area contributed by atoms with Gasteiger partial charge >= 0.3 is 5.69 Å². The topological polar surface area (TPSA) is 97.2 Å². The van der Waals surface area contributed by atoms with Crippen molar-refractivity contribution in [2.75, 3.05) is 11.6 Å². The molecule has 0 amide bonds. The fourth-order valence-corrected chi connectivity index (χ4v) is 2.83. The maximum atomic E-state index is 11.8. The normalized spacial score (nSPS) is 12.1. The number of aromatic nitrogens is 4. The van der Waals surface area contributed by atoms with Gasteiger partial charge in [0.05, 0.1) is 5.75 Å². The summed E-state index contributed by atoms with van der Waals surface area (Å²) in [5.41, 5.74) is -0.244. The summed E-state index contributed by atoms with van der Waals surface area (Å²) in [6, 6.07) is 1.25. The Morgan fingerprint density at radius 1 is 1.47 bits per heavy atom. The summed E-state index contributed by atoms with van der Waals surface area (Å²) in [5.74, 6) is 0.192. The van der Waals surface area contributed by atoms with Gasteiger partial charge in [0.25, 0.3) is 0 Å². The Morgan fingerprint density at radius 2 is 2.24 bits per heavy atom. The van der Waals surface area contributed by atoms with Crippen LogP contribution in [0.3, 0.4) is 0 Å². The Kier molecular flexibility index (Phi) is 3.16. The lowest BCUT2D eigenvalue weighted by molar-refractivity contribution is 0.590. The Labute approximate surface area is 101 Å². The predicted molar refractivity (Wildman–Crippen MR) is 61.0 cm³/mol. The van der Waals surface area contributed by atoms with Gasteiger partial charge < -0.3 is 0 Å². The molecule has 92 valence electrons. The molecule has 2 aromatic heterocycles. The Bertz CT molecular complexity index is 690. The second kappa shape index (κ2) is 4.46. The van der Waals surface area contributed by atoms with Crippen molar-refractivity contribution >= 4 is 27.1 Å². The van der Waals surface area contributed by atoms with Crippen molar-refractivity contribution in [1.82, 2.24) is 19.6 Å². The molecule has 0 radical (unpaired) electrons. The quantitative estimate of drug-likeness (QED) is 0.617. The average molecular weight is 277 g/mol. The minimum atomic E-state index is -3.47. The maximum Gasteiger partial charge on any atom is 0.348 e. The Balaban J connectivity index is 2.46. The van der Waals surface area contributed by atoms with E-state index in [1.807, 2.05) is 0 Å². The van der Waals surface area contributed by atoms with Crippen LogP contribution in [0.4, 0.5) is 0 Å². The maximum absolute atomic E-state index is 11.8. The summed E-state index contributed by atoms with van der Waals surface area (Å²) in [6.07, 6.45) is 1.48. The van der Waals surface area contributed by atoms with E-state index in [1.54, 1.807) is 0 Å². The molecule has 0 atom stereocenters.